The molecule has 5 heteroatoms. The number of benzene rings is 1. The maximum absolute atomic E-state index is 8.90. The van der Waals surface area contributed by atoms with E-state index < -0.39 is 0 Å². The molecule has 1 heterocycles. The lowest BCUT2D eigenvalue weighted by atomic mass is 10.3. The van der Waals surface area contributed by atoms with Crippen molar-refractivity contribution in [2.24, 2.45) is 0 Å². The number of β-amino-alcohol motifs (C(OH)–C–C–N with tert-alkyl or cyclic N) is 1. The molecule has 0 radical (unpaired) electrons. The van der Waals surface area contributed by atoms with E-state index in [9.17, 15) is 0 Å². The molecule has 1 N–H and O–H groups in total. The van der Waals surface area contributed by atoms with Crippen LogP contribution in [-0.4, -0.2) is 67.4 Å². The monoisotopic (exact) mass is 298 g/mol. The number of rotatable bonds is 7. The first-order chi connectivity index (χ1) is 9.78. The van der Waals surface area contributed by atoms with Crippen LogP contribution in [0.4, 0.5) is 0 Å². The highest BCUT2D eigenvalue weighted by atomic mass is 35.5. The minimum absolute atomic E-state index is 0.257. The summed E-state index contributed by atoms with van der Waals surface area (Å²) in [5, 5.41) is 9.61. The molecule has 0 amide bonds. The topological polar surface area (TPSA) is 35.9 Å². The highest BCUT2D eigenvalue weighted by Gasteiger charge is 2.15. The van der Waals surface area contributed by atoms with Gasteiger partial charge in [0.1, 0.15) is 5.75 Å². The molecule has 0 spiro atoms. The van der Waals surface area contributed by atoms with Gasteiger partial charge in [-0.15, -0.1) is 0 Å². The van der Waals surface area contributed by atoms with Gasteiger partial charge in [-0.2, -0.15) is 0 Å². The third-order valence-electron chi connectivity index (χ3n) is 3.56. The summed E-state index contributed by atoms with van der Waals surface area (Å²) in [5.41, 5.74) is 0. The zero-order chi connectivity index (χ0) is 14.2. The minimum Gasteiger partial charge on any atom is -0.493 e. The van der Waals surface area contributed by atoms with E-state index in [1.54, 1.807) is 0 Å². The van der Waals surface area contributed by atoms with Gasteiger partial charge in [-0.05, 0) is 24.6 Å². The van der Waals surface area contributed by atoms with Crippen LogP contribution < -0.4 is 4.74 Å². The zero-order valence-electron chi connectivity index (χ0n) is 11.8. The van der Waals surface area contributed by atoms with Gasteiger partial charge in [0.05, 0.1) is 13.2 Å². The van der Waals surface area contributed by atoms with E-state index >= 15 is 0 Å². The van der Waals surface area contributed by atoms with Crippen LogP contribution >= 0.6 is 11.6 Å². The Kier molecular flexibility index (Phi) is 6.60. The van der Waals surface area contributed by atoms with Crippen LogP contribution in [0.1, 0.15) is 6.42 Å². The molecule has 1 aromatic rings. The third kappa shape index (κ3) is 5.29. The Morgan fingerprint density at radius 1 is 1.10 bits per heavy atom. The minimum atomic E-state index is 0.257. The summed E-state index contributed by atoms with van der Waals surface area (Å²) in [7, 11) is 0. The summed E-state index contributed by atoms with van der Waals surface area (Å²) >= 11 is 5.91. The molecule has 0 atom stereocenters. The molecule has 20 heavy (non-hydrogen) atoms. The molecule has 1 aromatic carbocycles. The Morgan fingerprint density at radius 3 is 2.45 bits per heavy atom. The van der Waals surface area contributed by atoms with Crippen LogP contribution in [0.25, 0.3) is 0 Å². The number of hydrogen-bond acceptors (Lipinski definition) is 4. The lowest BCUT2D eigenvalue weighted by Gasteiger charge is -2.34. The van der Waals surface area contributed by atoms with Gasteiger partial charge in [-0.25, -0.2) is 0 Å². The maximum atomic E-state index is 8.90. The molecule has 1 aliphatic rings. The number of halogens is 1. The van der Waals surface area contributed by atoms with E-state index in [1.165, 1.54) is 0 Å². The Morgan fingerprint density at radius 2 is 1.80 bits per heavy atom. The predicted octanol–water partition coefficient (Wildman–Crippen LogP) is 1.72. The summed E-state index contributed by atoms with van der Waals surface area (Å²) in [6.07, 6.45) is 1.02. The Bertz CT molecular complexity index is 395. The van der Waals surface area contributed by atoms with Gasteiger partial charge in [0.2, 0.25) is 0 Å². The molecule has 0 bridgehead atoms. The first-order valence-corrected chi connectivity index (χ1v) is 7.59. The molecular weight excluding hydrogens is 276 g/mol. The van der Waals surface area contributed by atoms with Gasteiger partial charge in [0, 0.05) is 44.3 Å². The SMILES string of the molecule is OCCN1CCN(CCCOc2cccc(Cl)c2)CC1. The largest absolute Gasteiger partial charge is 0.493 e. The van der Waals surface area contributed by atoms with Crippen molar-refractivity contribution in [2.75, 3.05) is 52.5 Å². The molecule has 0 aliphatic carbocycles. The zero-order valence-corrected chi connectivity index (χ0v) is 12.6. The summed E-state index contributed by atoms with van der Waals surface area (Å²) in [4.78, 5) is 4.76. The van der Waals surface area contributed by atoms with Crippen molar-refractivity contribution in [1.82, 2.24) is 9.80 Å². The van der Waals surface area contributed by atoms with Crippen molar-refractivity contribution in [3.8, 4) is 5.75 Å². The van der Waals surface area contributed by atoms with Crippen molar-refractivity contribution < 1.29 is 9.84 Å². The first-order valence-electron chi connectivity index (χ1n) is 7.22. The molecular formula is C15H23ClN2O2. The fourth-order valence-electron chi connectivity index (χ4n) is 2.41. The smallest absolute Gasteiger partial charge is 0.120 e. The second-order valence-corrected chi connectivity index (χ2v) is 5.50. The highest BCUT2D eigenvalue weighted by Crippen LogP contribution is 2.17. The highest BCUT2D eigenvalue weighted by molar-refractivity contribution is 6.30. The number of aliphatic hydroxyl groups excluding tert-OH is 1. The standard InChI is InChI=1S/C15H23ClN2O2/c16-14-3-1-4-15(13-14)20-12-2-5-17-6-8-18(9-7-17)10-11-19/h1,3-4,13,19H,2,5-12H2. The van der Waals surface area contributed by atoms with E-state index in [2.05, 4.69) is 9.80 Å². The first kappa shape index (κ1) is 15.6. The van der Waals surface area contributed by atoms with Crippen molar-refractivity contribution in [1.29, 1.82) is 0 Å². The summed E-state index contributed by atoms with van der Waals surface area (Å²) in [6.45, 7) is 7.10. The molecule has 0 unspecified atom stereocenters. The van der Waals surface area contributed by atoms with Gasteiger partial charge in [-0.1, -0.05) is 17.7 Å². The Balaban J connectivity index is 1.58. The van der Waals surface area contributed by atoms with Crippen LogP contribution in [-0.2, 0) is 0 Å². The lowest BCUT2D eigenvalue weighted by molar-refractivity contribution is 0.108. The Labute approximate surface area is 125 Å². The van der Waals surface area contributed by atoms with Crippen molar-refractivity contribution >= 4 is 11.6 Å². The summed E-state index contributed by atoms with van der Waals surface area (Å²) < 4.78 is 5.68. The van der Waals surface area contributed by atoms with E-state index in [0.717, 1.165) is 58.0 Å². The van der Waals surface area contributed by atoms with E-state index in [-0.39, 0.29) is 6.61 Å². The third-order valence-corrected chi connectivity index (χ3v) is 3.80. The normalized spacial score (nSPS) is 17.3. The van der Waals surface area contributed by atoms with Crippen LogP contribution in [0.3, 0.4) is 0 Å². The van der Waals surface area contributed by atoms with Gasteiger partial charge in [-0.3, -0.25) is 4.90 Å². The van der Waals surface area contributed by atoms with Gasteiger partial charge < -0.3 is 14.7 Å². The molecule has 112 valence electrons. The molecule has 4 nitrogen and oxygen atoms in total. The average molecular weight is 299 g/mol. The molecule has 0 aromatic heterocycles. The summed E-state index contributed by atoms with van der Waals surface area (Å²) in [6, 6.07) is 7.52. The van der Waals surface area contributed by atoms with Gasteiger partial charge in [0.25, 0.3) is 0 Å². The lowest BCUT2D eigenvalue weighted by Crippen LogP contribution is -2.47. The average Bonchev–Trinajstić information content (AvgIpc) is 2.46. The van der Waals surface area contributed by atoms with Crippen LogP contribution in [0.15, 0.2) is 24.3 Å². The van der Waals surface area contributed by atoms with Crippen molar-refractivity contribution in [3.63, 3.8) is 0 Å². The van der Waals surface area contributed by atoms with Crippen molar-refractivity contribution in [2.45, 2.75) is 6.42 Å². The summed E-state index contributed by atoms with van der Waals surface area (Å²) in [5.74, 6) is 0.838. The number of nitrogens with zero attached hydrogens (tertiary/aromatic N) is 2. The molecule has 2 rings (SSSR count). The molecule has 1 aliphatic heterocycles. The number of hydrogen-bond donors (Lipinski definition) is 1. The van der Waals surface area contributed by atoms with E-state index in [0.29, 0.717) is 5.02 Å². The molecule has 0 saturated carbocycles. The van der Waals surface area contributed by atoms with Crippen molar-refractivity contribution in [3.05, 3.63) is 29.3 Å². The quantitative estimate of drug-likeness (QED) is 0.778. The van der Waals surface area contributed by atoms with E-state index in [1.807, 2.05) is 24.3 Å². The fourth-order valence-corrected chi connectivity index (χ4v) is 2.59. The maximum Gasteiger partial charge on any atom is 0.120 e. The van der Waals surface area contributed by atoms with Crippen LogP contribution in [0, 0.1) is 0 Å². The fraction of sp³-hybridized carbons (Fsp3) is 0.600. The molecule has 1 saturated heterocycles. The number of ether oxygens (including phenoxy) is 1. The predicted molar refractivity (Wildman–Crippen MR) is 81.5 cm³/mol. The second-order valence-electron chi connectivity index (χ2n) is 5.07. The number of piperazine rings is 1. The molecule has 1 fully saturated rings. The van der Waals surface area contributed by atoms with Gasteiger partial charge >= 0.3 is 0 Å². The van der Waals surface area contributed by atoms with Gasteiger partial charge in [0.15, 0.2) is 0 Å². The van der Waals surface area contributed by atoms with Crippen LogP contribution in [0.5, 0.6) is 5.75 Å². The number of aliphatic hydroxyl groups is 1. The van der Waals surface area contributed by atoms with E-state index in [4.69, 9.17) is 21.4 Å². The van der Waals surface area contributed by atoms with Crippen LogP contribution in [0.2, 0.25) is 5.02 Å². The second kappa shape index (κ2) is 8.47. The Hall–Kier alpha value is -0.810.